The van der Waals surface area contributed by atoms with E-state index in [1.54, 1.807) is 12.1 Å². The second-order valence-corrected chi connectivity index (χ2v) is 5.01. The molecule has 1 aromatic rings. The predicted molar refractivity (Wildman–Crippen MR) is 70.5 cm³/mol. The Bertz CT molecular complexity index is 428. The van der Waals surface area contributed by atoms with Crippen molar-refractivity contribution in [3.8, 4) is 5.75 Å². The van der Waals surface area contributed by atoms with Crippen LogP contribution in [0.15, 0.2) is 12.1 Å². The molecular formula is C12H15Cl2NO3. The second kappa shape index (κ2) is 6.08. The summed E-state index contributed by atoms with van der Waals surface area (Å²) in [5.74, 6) is 0.546. The molecule has 0 spiro atoms. The Labute approximate surface area is 116 Å². The molecule has 1 aromatic carbocycles. The standard InChI is InChI=1S/C12H15Cl2NO3/c1-15-4-7-2-8(13)3-9(14)12(7)18-11-6-17-5-10(11)16/h2-3,10-11,15-16H,4-6H2,1H3. The van der Waals surface area contributed by atoms with Gasteiger partial charge < -0.3 is 19.9 Å². The maximum absolute atomic E-state index is 9.68. The first-order chi connectivity index (χ1) is 8.61. The molecule has 2 rings (SSSR count). The van der Waals surface area contributed by atoms with Crippen LogP contribution in [0, 0.1) is 0 Å². The van der Waals surface area contributed by atoms with Gasteiger partial charge in [0.1, 0.15) is 18.0 Å². The first-order valence-corrected chi connectivity index (χ1v) is 6.42. The van der Waals surface area contributed by atoms with Gasteiger partial charge >= 0.3 is 0 Å². The Kier molecular flexibility index (Phi) is 4.70. The number of halogens is 2. The summed E-state index contributed by atoms with van der Waals surface area (Å²) in [6.07, 6.45) is -1.02. The first kappa shape index (κ1) is 13.9. The van der Waals surface area contributed by atoms with E-state index in [9.17, 15) is 5.11 Å². The van der Waals surface area contributed by atoms with Gasteiger partial charge in [-0.2, -0.15) is 0 Å². The molecule has 1 saturated heterocycles. The van der Waals surface area contributed by atoms with E-state index in [0.717, 1.165) is 5.56 Å². The van der Waals surface area contributed by atoms with Crippen LogP contribution in [-0.4, -0.2) is 37.6 Å². The molecule has 1 aliphatic rings. The number of aliphatic hydroxyl groups is 1. The molecule has 1 fully saturated rings. The summed E-state index contributed by atoms with van der Waals surface area (Å²) in [6, 6.07) is 3.42. The van der Waals surface area contributed by atoms with Crippen LogP contribution in [0.3, 0.4) is 0 Å². The SMILES string of the molecule is CNCc1cc(Cl)cc(Cl)c1OC1COCC1O. The smallest absolute Gasteiger partial charge is 0.150 e. The average molecular weight is 292 g/mol. The van der Waals surface area contributed by atoms with Gasteiger partial charge in [-0.05, 0) is 19.2 Å². The van der Waals surface area contributed by atoms with Gasteiger partial charge in [-0.25, -0.2) is 0 Å². The zero-order valence-corrected chi connectivity index (χ0v) is 11.5. The van der Waals surface area contributed by atoms with Gasteiger partial charge in [-0.3, -0.25) is 0 Å². The molecule has 100 valence electrons. The summed E-state index contributed by atoms with van der Waals surface area (Å²) in [7, 11) is 1.83. The molecule has 1 aliphatic heterocycles. The normalized spacial score (nSPS) is 23.3. The molecule has 2 N–H and O–H groups in total. The lowest BCUT2D eigenvalue weighted by Crippen LogP contribution is -2.30. The van der Waals surface area contributed by atoms with Crippen LogP contribution in [0.4, 0.5) is 0 Å². The van der Waals surface area contributed by atoms with Crippen molar-refractivity contribution in [2.45, 2.75) is 18.8 Å². The lowest BCUT2D eigenvalue weighted by Gasteiger charge is -2.19. The lowest BCUT2D eigenvalue weighted by atomic mass is 10.2. The van der Waals surface area contributed by atoms with Crippen molar-refractivity contribution >= 4 is 23.2 Å². The van der Waals surface area contributed by atoms with Crippen molar-refractivity contribution in [2.75, 3.05) is 20.3 Å². The molecule has 18 heavy (non-hydrogen) atoms. The number of ether oxygens (including phenoxy) is 2. The molecule has 0 bridgehead atoms. The van der Waals surface area contributed by atoms with E-state index in [1.807, 2.05) is 7.05 Å². The molecule has 2 atom stereocenters. The van der Waals surface area contributed by atoms with Gasteiger partial charge in [0, 0.05) is 17.1 Å². The van der Waals surface area contributed by atoms with Gasteiger partial charge in [0.2, 0.25) is 0 Å². The highest BCUT2D eigenvalue weighted by Crippen LogP contribution is 2.34. The fraction of sp³-hybridized carbons (Fsp3) is 0.500. The Morgan fingerprint density at radius 2 is 2.22 bits per heavy atom. The van der Waals surface area contributed by atoms with E-state index in [0.29, 0.717) is 28.9 Å². The molecule has 0 aliphatic carbocycles. The maximum atomic E-state index is 9.68. The highest BCUT2D eigenvalue weighted by molar-refractivity contribution is 6.35. The third-order valence-corrected chi connectivity index (χ3v) is 3.22. The van der Waals surface area contributed by atoms with E-state index in [4.69, 9.17) is 32.7 Å². The van der Waals surface area contributed by atoms with Gasteiger partial charge in [-0.15, -0.1) is 0 Å². The molecule has 1 heterocycles. The Balaban J connectivity index is 2.24. The molecular weight excluding hydrogens is 277 g/mol. The summed E-state index contributed by atoms with van der Waals surface area (Å²) < 4.78 is 10.9. The molecule has 0 aromatic heterocycles. The summed E-state index contributed by atoms with van der Waals surface area (Å²) in [6.45, 7) is 1.23. The third kappa shape index (κ3) is 3.08. The Morgan fingerprint density at radius 1 is 1.44 bits per heavy atom. The third-order valence-electron chi connectivity index (χ3n) is 2.72. The summed E-state index contributed by atoms with van der Waals surface area (Å²) in [4.78, 5) is 0. The highest BCUT2D eigenvalue weighted by Gasteiger charge is 2.29. The highest BCUT2D eigenvalue weighted by atomic mass is 35.5. The largest absolute Gasteiger partial charge is 0.483 e. The van der Waals surface area contributed by atoms with Crippen LogP contribution >= 0.6 is 23.2 Å². The first-order valence-electron chi connectivity index (χ1n) is 5.66. The van der Waals surface area contributed by atoms with Crippen molar-refractivity contribution in [1.82, 2.24) is 5.32 Å². The van der Waals surface area contributed by atoms with Gasteiger partial charge in [0.15, 0.2) is 0 Å². The second-order valence-electron chi connectivity index (χ2n) is 4.17. The summed E-state index contributed by atoms with van der Waals surface area (Å²) in [5, 5.41) is 13.7. The zero-order chi connectivity index (χ0) is 13.1. The van der Waals surface area contributed by atoms with Crippen molar-refractivity contribution in [3.05, 3.63) is 27.7 Å². The minimum atomic E-state index is -0.626. The fourth-order valence-corrected chi connectivity index (χ4v) is 2.43. The van der Waals surface area contributed by atoms with Crippen molar-refractivity contribution < 1.29 is 14.6 Å². The number of nitrogens with one attached hydrogen (secondary N) is 1. The number of hydrogen-bond acceptors (Lipinski definition) is 4. The number of rotatable bonds is 4. The quantitative estimate of drug-likeness (QED) is 0.889. The van der Waals surface area contributed by atoms with Crippen LogP contribution in [-0.2, 0) is 11.3 Å². The monoisotopic (exact) mass is 291 g/mol. The minimum Gasteiger partial charge on any atom is -0.483 e. The van der Waals surface area contributed by atoms with E-state index >= 15 is 0 Å². The maximum Gasteiger partial charge on any atom is 0.150 e. The number of benzene rings is 1. The molecule has 6 heteroatoms. The van der Waals surface area contributed by atoms with E-state index in [-0.39, 0.29) is 12.7 Å². The molecule has 0 radical (unpaired) electrons. The molecule has 0 amide bonds. The summed E-state index contributed by atoms with van der Waals surface area (Å²) in [5.41, 5.74) is 0.856. The molecule has 2 unspecified atom stereocenters. The molecule has 0 saturated carbocycles. The minimum absolute atomic E-state index is 0.289. The van der Waals surface area contributed by atoms with Crippen LogP contribution < -0.4 is 10.1 Å². The number of aliphatic hydroxyl groups excluding tert-OH is 1. The predicted octanol–water partition coefficient (Wildman–Crippen LogP) is 1.85. The Morgan fingerprint density at radius 3 is 2.83 bits per heavy atom. The van der Waals surface area contributed by atoms with Crippen LogP contribution in [0.1, 0.15) is 5.56 Å². The van der Waals surface area contributed by atoms with E-state index in [1.165, 1.54) is 0 Å². The average Bonchev–Trinajstić information content (AvgIpc) is 2.69. The van der Waals surface area contributed by atoms with Crippen LogP contribution in [0.5, 0.6) is 5.75 Å². The Hall–Kier alpha value is -0.520. The van der Waals surface area contributed by atoms with Crippen molar-refractivity contribution in [2.24, 2.45) is 0 Å². The van der Waals surface area contributed by atoms with Crippen LogP contribution in [0.25, 0.3) is 0 Å². The zero-order valence-electron chi connectivity index (χ0n) is 9.95. The van der Waals surface area contributed by atoms with Gasteiger partial charge in [0.25, 0.3) is 0 Å². The fourth-order valence-electron chi connectivity index (χ4n) is 1.85. The van der Waals surface area contributed by atoms with Gasteiger partial charge in [0.05, 0.1) is 18.2 Å². The topological polar surface area (TPSA) is 50.7 Å². The van der Waals surface area contributed by atoms with Crippen molar-refractivity contribution in [1.29, 1.82) is 0 Å². The van der Waals surface area contributed by atoms with Crippen LogP contribution in [0.2, 0.25) is 10.0 Å². The van der Waals surface area contributed by atoms with Gasteiger partial charge in [-0.1, -0.05) is 23.2 Å². The molecule has 4 nitrogen and oxygen atoms in total. The van der Waals surface area contributed by atoms with E-state index < -0.39 is 6.10 Å². The van der Waals surface area contributed by atoms with Crippen molar-refractivity contribution in [3.63, 3.8) is 0 Å². The lowest BCUT2D eigenvalue weighted by molar-refractivity contribution is 0.0727. The number of hydrogen-bond donors (Lipinski definition) is 2. The van der Waals surface area contributed by atoms with E-state index in [2.05, 4.69) is 5.32 Å². The summed E-state index contributed by atoms with van der Waals surface area (Å²) >= 11 is 12.1.